The van der Waals surface area contributed by atoms with Crippen LogP contribution in [0.4, 0.5) is 13.2 Å². The lowest BCUT2D eigenvalue weighted by Gasteiger charge is -2.06. The van der Waals surface area contributed by atoms with E-state index in [1.54, 1.807) is 4.57 Å². The minimum absolute atomic E-state index is 0.341. The summed E-state index contributed by atoms with van der Waals surface area (Å²) in [6.07, 6.45) is -1.54. The molecule has 1 heterocycles. The van der Waals surface area contributed by atoms with E-state index in [1.807, 2.05) is 30.3 Å². The van der Waals surface area contributed by atoms with Crippen molar-refractivity contribution in [2.24, 2.45) is 0 Å². The van der Waals surface area contributed by atoms with Crippen LogP contribution in [0.15, 0.2) is 48.8 Å². The van der Waals surface area contributed by atoms with E-state index in [1.165, 1.54) is 18.5 Å². The second-order valence-electron chi connectivity index (χ2n) is 4.48. The standard InChI is InChI=1S/C15H14F3NO2/c16-15(17,18)14(20)12-7-9-19(11-12)8-4-10-21-13-5-2-1-3-6-13/h1-3,5-7,9,11H,4,8,10H2. The normalized spacial score (nSPS) is 11.4. The Labute approximate surface area is 120 Å². The second kappa shape index (κ2) is 6.47. The van der Waals surface area contributed by atoms with Crippen molar-refractivity contribution in [1.82, 2.24) is 4.57 Å². The minimum Gasteiger partial charge on any atom is -0.494 e. The first kappa shape index (κ1) is 15.2. The van der Waals surface area contributed by atoms with E-state index in [-0.39, 0.29) is 5.56 Å². The van der Waals surface area contributed by atoms with Crippen molar-refractivity contribution >= 4 is 5.78 Å². The molecule has 3 nitrogen and oxygen atoms in total. The maximum atomic E-state index is 12.3. The number of aromatic nitrogens is 1. The molecule has 0 atom stereocenters. The van der Waals surface area contributed by atoms with Crippen LogP contribution in [0.5, 0.6) is 5.75 Å². The molecule has 2 aromatic rings. The molecule has 1 aromatic heterocycles. The molecule has 0 spiro atoms. The Morgan fingerprint density at radius 3 is 2.52 bits per heavy atom. The molecule has 6 heteroatoms. The lowest BCUT2D eigenvalue weighted by atomic mass is 10.2. The molecule has 0 radical (unpaired) electrons. The van der Waals surface area contributed by atoms with E-state index in [0.717, 1.165) is 5.75 Å². The Balaban J connectivity index is 1.80. The van der Waals surface area contributed by atoms with Gasteiger partial charge >= 0.3 is 6.18 Å². The number of rotatable bonds is 6. The highest BCUT2D eigenvalue weighted by atomic mass is 19.4. The van der Waals surface area contributed by atoms with Crippen LogP contribution in [0.1, 0.15) is 16.8 Å². The molecule has 0 saturated heterocycles. The third kappa shape index (κ3) is 4.37. The van der Waals surface area contributed by atoms with Gasteiger partial charge in [-0.15, -0.1) is 0 Å². The largest absolute Gasteiger partial charge is 0.494 e. The van der Waals surface area contributed by atoms with Crippen LogP contribution in [-0.4, -0.2) is 23.1 Å². The van der Waals surface area contributed by atoms with Crippen molar-refractivity contribution in [3.05, 3.63) is 54.4 Å². The molecule has 1 aromatic carbocycles. The van der Waals surface area contributed by atoms with E-state index < -0.39 is 12.0 Å². The summed E-state index contributed by atoms with van der Waals surface area (Å²) >= 11 is 0. The molecule has 0 amide bonds. The van der Waals surface area contributed by atoms with Crippen LogP contribution < -0.4 is 4.74 Å². The molecule has 0 bridgehead atoms. The Kier molecular flexibility index (Phi) is 4.67. The van der Waals surface area contributed by atoms with Gasteiger partial charge in [-0.1, -0.05) is 18.2 Å². The van der Waals surface area contributed by atoms with Gasteiger partial charge in [0.2, 0.25) is 0 Å². The zero-order chi connectivity index (χ0) is 15.3. The number of Topliss-reactive ketones (excluding diaryl/α,β-unsaturated/α-hetero) is 1. The number of benzene rings is 1. The van der Waals surface area contributed by atoms with Crippen LogP contribution in [-0.2, 0) is 6.54 Å². The summed E-state index contributed by atoms with van der Waals surface area (Å²) < 4.78 is 43.8. The summed E-state index contributed by atoms with van der Waals surface area (Å²) in [7, 11) is 0. The Bertz CT molecular complexity index is 590. The highest BCUT2D eigenvalue weighted by Crippen LogP contribution is 2.21. The topological polar surface area (TPSA) is 31.2 Å². The Morgan fingerprint density at radius 2 is 1.86 bits per heavy atom. The molecule has 21 heavy (non-hydrogen) atoms. The van der Waals surface area contributed by atoms with Gasteiger partial charge in [0, 0.05) is 24.5 Å². The van der Waals surface area contributed by atoms with Crippen molar-refractivity contribution in [2.45, 2.75) is 19.1 Å². The molecule has 0 saturated carbocycles. The van der Waals surface area contributed by atoms with Gasteiger partial charge in [-0.2, -0.15) is 13.2 Å². The molecule has 0 aliphatic rings. The van der Waals surface area contributed by atoms with Crippen molar-refractivity contribution in [3.63, 3.8) is 0 Å². The number of ether oxygens (including phenoxy) is 1. The SMILES string of the molecule is O=C(c1ccn(CCCOc2ccccc2)c1)C(F)(F)F. The van der Waals surface area contributed by atoms with E-state index in [4.69, 9.17) is 4.74 Å². The van der Waals surface area contributed by atoms with Gasteiger partial charge in [0.15, 0.2) is 0 Å². The summed E-state index contributed by atoms with van der Waals surface area (Å²) in [5, 5.41) is 0. The molecule has 112 valence electrons. The van der Waals surface area contributed by atoms with Gasteiger partial charge in [0.05, 0.1) is 6.61 Å². The quantitative estimate of drug-likeness (QED) is 0.601. The first-order valence-corrected chi connectivity index (χ1v) is 6.42. The zero-order valence-corrected chi connectivity index (χ0v) is 11.1. The summed E-state index contributed by atoms with van der Waals surface area (Å²) in [6, 6.07) is 10.4. The highest BCUT2D eigenvalue weighted by molar-refractivity contribution is 6.00. The first-order valence-electron chi connectivity index (χ1n) is 6.42. The molecule has 0 aliphatic carbocycles. The Morgan fingerprint density at radius 1 is 1.14 bits per heavy atom. The van der Waals surface area contributed by atoms with Crippen LogP contribution in [0.2, 0.25) is 0 Å². The van der Waals surface area contributed by atoms with Gasteiger partial charge in [-0.3, -0.25) is 4.79 Å². The van der Waals surface area contributed by atoms with Crippen LogP contribution in [0.3, 0.4) is 0 Å². The number of aryl methyl sites for hydroxylation is 1. The number of ketones is 1. The first-order chi connectivity index (χ1) is 9.97. The maximum absolute atomic E-state index is 12.3. The van der Waals surface area contributed by atoms with Crippen LogP contribution in [0.25, 0.3) is 0 Å². The fourth-order valence-electron chi connectivity index (χ4n) is 1.83. The number of alkyl halides is 3. The number of halogens is 3. The van der Waals surface area contributed by atoms with Crippen molar-refractivity contribution in [1.29, 1.82) is 0 Å². The zero-order valence-electron chi connectivity index (χ0n) is 11.1. The number of hydrogen-bond donors (Lipinski definition) is 0. The molecule has 0 N–H and O–H groups in total. The monoisotopic (exact) mass is 297 g/mol. The molecule has 0 fully saturated rings. The smallest absolute Gasteiger partial charge is 0.454 e. The van der Waals surface area contributed by atoms with Gasteiger partial charge in [-0.25, -0.2) is 0 Å². The number of carbonyl (C=O) groups excluding carboxylic acids is 1. The summed E-state index contributed by atoms with van der Waals surface area (Å²) in [5.74, 6) is -1.07. The summed E-state index contributed by atoms with van der Waals surface area (Å²) in [6.45, 7) is 0.933. The predicted octanol–water partition coefficient (Wildman–Crippen LogP) is 3.70. The molecule has 2 rings (SSSR count). The van der Waals surface area contributed by atoms with Gasteiger partial charge in [0.25, 0.3) is 5.78 Å². The van der Waals surface area contributed by atoms with Crippen LogP contribution in [0, 0.1) is 0 Å². The third-order valence-corrected chi connectivity index (χ3v) is 2.84. The molecule has 0 unspecified atom stereocenters. The average Bonchev–Trinajstić information content (AvgIpc) is 2.91. The predicted molar refractivity (Wildman–Crippen MR) is 71.4 cm³/mol. The maximum Gasteiger partial charge on any atom is 0.454 e. The minimum atomic E-state index is -4.83. The lowest BCUT2D eigenvalue weighted by Crippen LogP contribution is -2.22. The number of hydrogen-bond acceptors (Lipinski definition) is 2. The summed E-state index contributed by atoms with van der Waals surface area (Å²) in [4.78, 5) is 11.0. The van der Waals surface area contributed by atoms with Crippen molar-refractivity contribution in [2.75, 3.05) is 6.61 Å². The van der Waals surface area contributed by atoms with Crippen LogP contribution >= 0.6 is 0 Å². The van der Waals surface area contributed by atoms with E-state index in [9.17, 15) is 18.0 Å². The molecular formula is C15H14F3NO2. The number of carbonyl (C=O) groups is 1. The van der Waals surface area contributed by atoms with Gasteiger partial charge in [-0.05, 0) is 24.6 Å². The third-order valence-electron chi connectivity index (χ3n) is 2.84. The fraction of sp³-hybridized carbons (Fsp3) is 0.267. The Hall–Kier alpha value is -2.24. The van der Waals surface area contributed by atoms with E-state index in [0.29, 0.717) is 19.6 Å². The lowest BCUT2D eigenvalue weighted by molar-refractivity contribution is -0.0885. The van der Waals surface area contributed by atoms with E-state index in [2.05, 4.69) is 0 Å². The summed E-state index contributed by atoms with van der Waals surface area (Å²) in [5.41, 5.74) is -0.341. The molecular weight excluding hydrogens is 283 g/mol. The van der Waals surface area contributed by atoms with E-state index >= 15 is 0 Å². The van der Waals surface area contributed by atoms with Crippen molar-refractivity contribution in [3.8, 4) is 5.75 Å². The number of para-hydroxylation sites is 1. The number of nitrogens with zero attached hydrogens (tertiary/aromatic N) is 1. The highest BCUT2D eigenvalue weighted by Gasteiger charge is 2.39. The molecule has 0 aliphatic heterocycles. The fourth-order valence-corrected chi connectivity index (χ4v) is 1.83. The van der Waals surface area contributed by atoms with Crippen molar-refractivity contribution < 1.29 is 22.7 Å². The second-order valence-corrected chi connectivity index (χ2v) is 4.48. The average molecular weight is 297 g/mol. The van der Waals surface area contributed by atoms with Gasteiger partial charge in [0.1, 0.15) is 5.75 Å². The van der Waals surface area contributed by atoms with Gasteiger partial charge < -0.3 is 9.30 Å².